The molecular formula is C14H11BrN2S. The topological polar surface area (TPSA) is 49.8 Å². The van der Waals surface area contributed by atoms with E-state index in [-0.39, 0.29) is 0 Å². The van der Waals surface area contributed by atoms with E-state index in [1.165, 1.54) is 5.56 Å². The molecule has 0 aliphatic heterocycles. The normalized spacial score (nSPS) is 10.0. The van der Waals surface area contributed by atoms with Crippen LogP contribution in [0.15, 0.2) is 51.8 Å². The maximum absolute atomic E-state index is 8.73. The van der Waals surface area contributed by atoms with E-state index in [2.05, 4.69) is 22.0 Å². The minimum Gasteiger partial charge on any atom is -0.398 e. The Morgan fingerprint density at radius 3 is 2.56 bits per heavy atom. The van der Waals surface area contributed by atoms with E-state index < -0.39 is 0 Å². The van der Waals surface area contributed by atoms with Crippen LogP contribution in [0.5, 0.6) is 0 Å². The number of anilines is 1. The molecule has 0 fully saturated rings. The van der Waals surface area contributed by atoms with E-state index in [1.54, 1.807) is 11.8 Å². The molecule has 0 heterocycles. The Morgan fingerprint density at radius 1 is 1.17 bits per heavy atom. The van der Waals surface area contributed by atoms with Gasteiger partial charge in [0.25, 0.3) is 0 Å². The minimum absolute atomic E-state index is 0.686. The second kappa shape index (κ2) is 5.94. The average Bonchev–Trinajstić information content (AvgIpc) is 2.40. The van der Waals surface area contributed by atoms with Gasteiger partial charge in [0.15, 0.2) is 0 Å². The molecule has 18 heavy (non-hydrogen) atoms. The monoisotopic (exact) mass is 318 g/mol. The van der Waals surface area contributed by atoms with Gasteiger partial charge in [-0.05, 0) is 35.9 Å². The van der Waals surface area contributed by atoms with Crippen LogP contribution >= 0.6 is 27.7 Å². The van der Waals surface area contributed by atoms with Crippen LogP contribution in [0.3, 0.4) is 0 Å². The predicted molar refractivity (Wildman–Crippen MR) is 79.3 cm³/mol. The Labute approximate surface area is 119 Å². The molecule has 0 aliphatic rings. The van der Waals surface area contributed by atoms with Crippen LogP contribution in [0, 0.1) is 11.3 Å². The van der Waals surface area contributed by atoms with Gasteiger partial charge in [-0.15, -0.1) is 11.8 Å². The first kappa shape index (κ1) is 13.0. The van der Waals surface area contributed by atoms with E-state index in [9.17, 15) is 0 Å². The minimum atomic E-state index is 0.686. The Bertz CT molecular complexity index is 588. The van der Waals surface area contributed by atoms with Crippen LogP contribution in [0.1, 0.15) is 11.1 Å². The molecule has 0 aromatic heterocycles. The Kier molecular flexibility index (Phi) is 4.29. The summed E-state index contributed by atoms with van der Waals surface area (Å²) >= 11 is 5.13. The van der Waals surface area contributed by atoms with E-state index in [0.717, 1.165) is 20.8 Å². The molecule has 0 aliphatic carbocycles. The van der Waals surface area contributed by atoms with Crippen molar-refractivity contribution in [3.63, 3.8) is 0 Å². The van der Waals surface area contributed by atoms with Crippen molar-refractivity contribution in [2.45, 2.75) is 10.6 Å². The summed E-state index contributed by atoms with van der Waals surface area (Å²) in [5, 5.41) is 8.73. The number of rotatable bonds is 3. The maximum Gasteiger partial charge on any atom is 0.0991 e. The molecule has 2 nitrogen and oxygen atoms in total. The zero-order valence-corrected chi connectivity index (χ0v) is 12.0. The third-order valence-electron chi connectivity index (χ3n) is 2.45. The summed E-state index contributed by atoms with van der Waals surface area (Å²) in [5.41, 5.74) is 8.57. The lowest BCUT2D eigenvalue weighted by atomic mass is 10.2. The largest absolute Gasteiger partial charge is 0.398 e. The highest BCUT2D eigenvalue weighted by molar-refractivity contribution is 9.10. The van der Waals surface area contributed by atoms with Crippen molar-refractivity contribution in [3.05, 3.63) is 58.1 Å². The fourth-order valence-electron chi connectivity index (χ4n) is 1.47. The third kappa shape index (κ3) is 3.28. The van der Waals surface area contributed by atoms with Crippen LogP contribution in [-0.2, 0) is 5.75 Å². The molecule has 0 unspecified atom stereocenters. The lowest BCUT2D eigenvalue weighted by Crippen LogP contribution is -1.89. The molecule has 0 saturated carbocycles. The van der Waals surface area contributed by atoms with Gasteiger partial charge in [-0.25, -0.2) is 0 Å². The van der Waals surface area contributed by atoms with Crippen molar-refractivity contribution in [1.82, 2.24) is 0 Å². The number of hydrogen-bond donors (Lipinski definition) is 1. The number of nitrogens with zero attached hydrogens (tertiary/aromatic N) is 1. The molecule has 90 valence electrons. The van der Waals surface area contributed by atoms with Gasteiger partial charge in [0.1, 0.15) is 0 Å². The van der Waals surface area contributed by atoms with E-state index in [4.69, 9.17) is 11.0 Å². The van der Waals surface area contributed by atoms with E-state index >= 15 is 0 Å². The van der Waals surface area contributed by atoms with Crippen molar-refractivity contribution in [2.75, 3.05) is 5.73 Å². The van der Waals surface area contributed by atoms with Crippen LogP contribution < -0.4 is 5.73 Å². The summed E-state index contributed by atoms with van der Waals surface area (Å²) in [4.78, 5) is 1.06. The Hall–Kier alpha value is -1.44. The predicted octanol–water partition coefficient (Wildman–Crippen LogP) is 4.20. The Morgan fingerprint density at radius 2 is 1.89 bits per heavy atom. The summed E-state index contributed by atoms with van der Waals surface area (Å²) in [6.07, 6.45) is 0. The summed E-state index contributed by atoms with van der Waals surface area (Å²) in [7, 11) is 0. The van der Waals surface area contributed by atoms with Gasteiger partial charge < -0.3 is 5.73 Å². The smallest absolute Gasteiger partial charge is 0.0991 e. The average molecular weight is 319 g/mol. The molecule has 2 aromatic carbocycles. The number of thioether (sulfide) groups is 1. The molecule has 2 aromatic rings. The van der Waals surface area contributed by atoms with Gasteiger partial charge in [-0.2, -0.15) is 5.26 Å². The first-order valence-electron chi connectivity index (χ1n) is 5.36. The highest BCUT2D eigenvalue weighted by Crippen LogP contribution is 2.30. The summed E-state index contributed by atoms with van der Waals surface area (Å²) in [6, 6.07) is 15.6. The van der Waals surface area contributed by atoms with E-state index in [1.807, 2.05) is 42.5 Å². The van der Waals surface area contributed by atoms with Crippen molar-refractivity contribution in [3.8, 4) is 6.07 Å². The first-order valence-corrected chi connectivity index (χ1v) is 7.14. The van der Waals surface area contributed by atoms with Gasteiger partial charge in [-0.1, -0.05) is 28.1 Å². The maximum atomic E-state index is 8.73. The van der Waals surface area contributed by atoms with Gasteiger partial charge in [0.05, 0.1) is 11.6 Å². The number of nitriles is 1. The molecule has 0 saturated heterocycles. The number of nitrogens with two attached hydrogens (primary N) is 1. The molecule has 0 amide bonds. The van der Waals surface area contributed by atoms with Crippen LogP contribution in [0.25, 0.3) is 0 Å². The van der Waals surface area contributed by atoms with Crippen molar-refractivity contribution in [1.29, 1.82) is 5.26 Å². The zero-order chi connectivity index (χ0) is 13.0. The molecule has 0 bridgehead atoms. The second-order valence-corrected chi connectivity index (χ2v) is 5.71. The fraction of sp³-hybridized carbons (Fsp3) is 0.0714. The highest BCUT2D eigenvalue weighted by atomic mass is 79.9. The number of halogens is 1. The standard InChI is InChI=1S/C14H11BrN2S/c15-12-5-6-13(17)14(7-12)18-9-11-3-1-10(8-16)2-4-11/h1-7H,9,17H2. The SMILES string of the molecule is N#Cc1ccc(CSc2cc(Br)ccc2N)cc1. The third-order valence-corrected chi connectivity index (χ3v) is 4.09. The fourth-order valence-corrected chi connectivity index (χ4v) is 2.94. The molecule has 0 spiro atoms. The Balaban J connectivity index is 2.07. The lowest BCUT2D eigenvalue weighted by molar-refractivity contribution is 1.36. The quantitative estimate of drug-likeness (QED) is 0.681. The number of nitrogen functional groups attached to an aromatic ring is 1. The summed E-state index contributed by atoms with van der Waals surface area (Å²) in [6.45, 7) is 0. The van der Waals surface area contributed by atoms with Gasteiger partial charge in [-0.3, -0.25) is 0 Å². The molecule has 2 N–H and O–H groups in total. The van der Waals surface area contributed by atoms with Gasteiger partial charge in [0, 0.05) is 20.8 Å². The summed E-state index contributed by atoms with van der Waals surface area (Å²) in [5.74, 6) is 0.840. The van der Waals surface area contributed by atoms with Crippen LogP contribution in [0.2, 0.25) is 0 Å². The molecule has 2 rings (SSSR count). The van der Waals surface area contributed by atoms with Crippen LogP contribution in [0.4, 0.5) is 5.69 Å². The van der Waals surface area contributed by atoms with Crippen molar-refractivity contribution >= 4 is 33.4 Å². The molecular weight excluding hydrogens is 308 g/mol. The molecule has 0 radical (unpaired) electrons. The molecule has 4 heteroatoms. The number of benzene rings is 2. The zero-order valence-electron chi connectivity index (χ0n) is 9.56. The molecule has 0 atom stereocenters. The summed E-state index contributed by atoms with van der Waals surface area (Å²) < 4.78 is 1.03. The van der Waals surface area contributed by atoms with Gasteiger partial charge >= 0.3 is 0 Å². The van der Waals surface area contributed by atoms with Gasteiger partial charge in [0.2, 0.25) is 0 Å². The van der Waals surface area contributed by atoms with Crippen molar-refractivity contribution in [2.24, 2.45) is 0 Å². The second-order valence-electron chi connectivity index (χ2n) is 3.78. The van der Waals surface area contributed by atoms with E-state index in [0.29, 0.717) is 5.56 Å². The highest BCUT2D eigenvalue weighted by Gasteiger charge is 2.02. The van der Waals surface area contributed by atoms with Crippen LogP contribution in [-0.4, -0.2) is 0 Å². The number of hydrogen-bond acceptors (Lipinski definition) is 3. The first-order chi connectivity index (χ1) is 8.69. The lowest BCUT2D eigenvalue weighted by Gasteiger charge is -2.06. The van der Waals surface area contributed by atoms with Crippen molar-refractivity contribution < 1.29 is 0 Å².